The normalized spacial score (nSPS) is 13.6. The molecule has 108 valence electrons. The van der Waals surface area contributed by atoms with Crippen molar-refractivity contribution in [2.75, 3.05) is 20.7 Å². The number of halogens is 3. The van der Waals surface area contributed by atoms with Crippen molar-refractivity contribution in [2.24, 2.45) is 0 Å². The predicted octanol–water partition coefficient (Wildman–Crippen LogP) is 3.81. The monoisotopic (exact) mass is 275 g/mol. The molecule has 0 radical (unpaired) electrons. The first kappa shape index (κ1) is 15.8. The van der Waals surface area contributed by atoms with Gasteiger partial charge >= 0.3 is 6.18 Å². The van der Waals surface area contributed by atoms with E-state index >= 15 is 0 Å². The zero-order valence-corrected chi connectivity index (χ0v) is 11.5. The lowest BCUT2D eigenvalue weighted by Gasteiger charge is -2.19. The van der Waals surface area contributed by atoms with Gasteiger partial charge in [0.15, 0.2) is 0 Å². The lowest BCUT2D eigenvalue weighted by atomic mass is 10.2. The maximum absolute atomic E-state index is 12.5. The van der Waals surface area contributed by atoms with Crippen LogP contribution in [0.1, 0.15) is 25.3 Å². The quantitative estimate of drug-likeness (QED) is 0.732. The van der Waals surface area contributed by atoms with Crippen molar-refractivity contribution < 1.29 is 17.9 Å². The van der Waals surface area contributed by atoms with Gasteiger partial charge in [-0.3, -0.25) is 0 Å². The van der Waals surface area contributed by atoms with Crippen LogP contribution in [-0.4, -0.2) is 31.6 Å². The van der Waals surface area contributed by atoms with Crippen LogP contribution in [-0.2, 0) is 6.18 Å². The molecule has 1 aromatic carbocycles. The van der Waals surface area contributed by atoms with Crippen LogP contribution in [0.5, 0.6) is 5.75 Å². The molecule has 1 atom stereocenters. The molecule has 0 bridgehead atoms. The minimum absolute atomic E-state index is 0.271. The molecular formula is C14H20F3NO. The lowest BCUT2D eigenvalue weighted by molar-refractivity contribution is -0.137. The molecule has 0 spiro atoms. The Hall–Kier alpha value is -1.23. The van der Waals surface area contributed by atoms with Gasteiger partial charge in [0.25, 0.3) is 0 Å². The number of alkyl halides is 3. The van der Waals surface area contributed by atoms with Crippen LogP contribution < -0.4 is 4.74 Å². The van der Waals surface area contributed by atoms with Crippen molar-refractivity contribution in [3.63, 3.8) is 0 Å². The molecule has 0 N–H and O–H groups in total. The summed E-state index contributed by atoms with van der Waals surface area (Å²) in [6.07, 6.45) is -2.56. The van der Waals surface area contributed by atoms with E-state index in [0.717, 1.165) is 25.0 Å². The fourth-order valence-electron chi connectivity index (χ4n) is 1.59. The zero-order valence-electron chi connectivity index (χ0n) is 11.5. The van der Waals surface area contributed by atoms with Crippen LogP contribution >= 0.6 is 0 Å². The van der Waals surface area contributed by atoms with Crippen molar-refractivity contribution in [3.8, 4) is 5.75 Å². The summed E-state index contributed by atoms with van der Waals surface area (Å²) in [4.78, 5) is 2.10. The number of hydrogen-bond acceptors (Lipinski definition) is 2. The van der Waals surface area contributed by atoms with E-state index < -0.39 is 11.7 Å². The first-order chi connectivity index (χ1) is 8.80. The van der Waals surface area contributed by atoms with Gasteiger partial charge in [-0.2, -0.15) is 13.2 Å². The topological polar surface area (TPSA) is 12.5 Å². The Kier molecular flexibility index (Phi) is 5.66. The van der Waals surface area contributed by atoms with E-state index in [0.29, 0.717) is 12.6 Å². The van der Waals surface area contributed by atoms with Gasteiger partial charge in [-0.25, -0.2) is 0 Å². The van der Waals surface area contributed by atoms with Gasteiger partial charge in [0.2, 0.25) is 0 Å². The summed E-state index contributed by atoms with van der Waals surface area (Å²) in [5.74, 6) is 0.271. The number of ether oxygens (including phenoxy) is 1. The van der Waals surface area contributed by atoms with Crippen molar-refractivity contribution in [2.45, 2.75) is 32.0 Å². The third kappa shape index (κ3) is 5.51. The molecule has 0 fully saturated rings. The Balaban J connectivity index is 2.42. The number of hydrogen-bond donors (Lipinski definition) is 0. The zero-order chi connectivity index (χ0) is 14.5. The molecule has 0 amide bonds. The maximum Gasteiger partial charge on any atom is 0.416 e. The van der Waals surface area contributed by atoms with Gasteiger partial charge in [0.05, 0.1) is 12.2 Å². The Bertz CT molecular complexity index is 391. The molecule has 1 aromatic rings. The Morgan fingerprint density at radius 2 is 1.95 bits per heavy atom. The molecule has 0 heterocycles. The van der Waals surface area contributed by atoms with Gasteiger partial charge in [-0.05, 0) is 52.1 Å². The third-order valence-electron chi connectivity index (χ3n) is 3.08. The molecule has 2 nitrogen and oxygen atoms in total. The van der Waals surface area contributed by atoms with E-state index in [4.69, 9.17) is 4.74 Å². The van der Waals surface area contributed by atoms with E-state index in [2.05, 4.69) is 11.8 Å². The molecule has 0 aliphatic rings. The summed E-state index contributed by atoms with van der Waals surface area (Å²) in [6.45, 7) is 2.53. The summed E-state index contributed by atoms with van der Waals surface area (Å²) in [6, 6.07) is 5.42. The molecule has 0 aliphatic carbocycles. The second-order valence-corrected chi connectivity index (χ2v) is 4.83. The van der Waals surface area contributed by atoms with Gasteiger partial charge in [0.1, 0.15) is 5.75 Å². The first-order valence-corrected chi connectivity index (χ1v) is 6.27. The highest BCUT2D eigenvalue weighted by Gasteiger charge is 2.30. The van der Waals surface area contributed by atoms with Gasteiger partial charge < -0.3 is 9.64 Å². The second kappa shape index (κ2) is 6.80. The van der Waals surface area contributed by atoms with E-state index in [1.165, 1.54) is 6.07 Å². The first-order valence-electron chi connectivity index (χ1n) is 6.27. The molecule has 19 heavy (non-hydrogen) atoms. The average molecular weight is 275 g/mol. The standard InChI is InChI=1S/C14H20F3NO/c1-11(18(2)3)6-5-9-19-13-8-4-7-12(10-13)14(15,16)17/h4,7-8,10-11H,5-6,9H2,1-3H3. The number of nitrogens with zero attached hydrogens (tertiary/aromatic N) is 1. The van der Waals surface area contributed by atoms with Gasteiger partial charge in [-0.15, -0.1) is 0 Å². The molecule has 0 saturated carbocycles. The highest BCUT2D eigenvalue weighted by atomic mass is 19.4. The Morgan fingerprint density at radius 1 is 1.26 bits per heavy atom. The fourth-order valence-corrected chi connectivity index (χ4v) is 1.59. The minimum Gasteiger partial charge on any atom is -0.494 e. The van der Waals surface area contributed by atoms with Crippen LogP contribution in [0.4, 0.5) is 13.2 Å². The average Bonchev–Trinajstić information content (AvgIpc) is 2.33. The SMILES string of the molecule is CC(CCCOc1cccc(C(F)(F)F)c1)N(C)C. The molecule has 5 heteroatoms. The highest BCUT2D eigenvalue weighted by molar-refractivity contribution is 5.30. The van der Waals surface area contributed by atoms with E-state index in [1.54, 1.807) is 6.07 Å². The van der Waals surface area contributed by atoms with Gasteiger partial charge in [0, 0.05) is 6.04 Å². The summed E-state index contributed by atoms with van der Waals surface area (Å²) in [5, 5.41) is 0. The summed E-state index contributed by atoms with van der Waals surface area (Å²) >= 11 is 0. The lowest BCUT2D eigenvalue weighted by Crippen LogP contribution is -2.24. The van der Waals surface area contributed by atoms with E-state index in [-0.39, 0.29) is 5.75 Å². The molecular weight excluding hydrogens is 255 g/mol. The van der Waals surface area contributed by atoms with Gasteiger partial charge in [-0.1, -0.05) is 6.07 Å². The van der Waals surface area contributed by atoms with Crippen LogP contribution in [0.15, 0.2) is 24.3 Å². The van der Waals surface area contributed by atoms with Crippen LogP contribution in [0.3, 0.4) is 0 Å². The minimum atomic E-state index is -4.32. The van der Waals surface area contributed by atoms with Crippen molar-refractivity contribution in [1.82, 2.24) is 4.90 Å². The van der Waals surface area contributed by atoms with Crippen molar-refractivity contribution in [3.05, 3.63) is 29.8 Å². The van der Waals surface area contributed by atoms with E-state index in [1.807, 2.05) is 14.1 Å². The van der Waals surface area contributed by atoms with E-state index in [9.17, 15) is 13.2 Å². The molecule has 0 aliphatic heterocycles. The summed E-state index contributed by atoms with van der Waals surface area (Å²) in [7, 11) is 4.00. The van der Waals surface area contributed by atoms with Crippen molar-refractivity contribution in [1.29, 1.82) is 0 Å². The fraction of sp³-hybridized carbons (Fsp3) is 0.571. The number of rotatable bonds is 6. The number of benzene rings is 1. The van der Waals surface area contributed by atoms with Crippen LogP contribution in [0, 0.1) is 0 Å². The molecule has 0 aromatic heterocycles. The summed E-state index contributed by atoms with van der Waals surface area (Å²) in [5.41, 5.74) is -0.674. The Morgan fingerprint density at radius 3 is 2.53 bits per heavy atom. The van der Waals surface area contributed by atoms with Crippen molar-refractivity contribution >= 4 is 0 Å². The molecule has 1 unspecified atom stereocenters. The van der Waals surface area contributed by atoms with Crippen LogP contribution in [0.25, 0.3) is 0 Å². The second-order valence-electron chi connectivity index (χ2n) is 4.83. The smallest absolute Gasteiger partial charge is 0.416 e. The van der Waals surface area contributed by atoms with Crippen LogP contribution in [0.2, 0.25) is 0 Å². The third-order valence-corrected chi connectivity index (χ3v) is 3.08. The largest absolute Gasteiger partial charge is 0.494 e. The molecule has 1 rings (SSSR count). The Labute approximate surface area is 112 Å². The maximum atomic E-state index is 12.5. The summed E-state index contributed by atoms with van der Waals surface area (Å²) < 4.78 is 42.8. The molecule has 0 saturated heterocycles. The predicted molar refractivity (Wildman–Crippen MR) is 69.3 cm³/mol. The highest BCUT2D eigenvalue weighted by Crippen LogP contribution is 2.31.